The van der Waals surface area contributed by atoms with Gasteiger partial charge in [0.2, 0.25) is 0 Å². The SMILES string of the molecule is NC(=NCCCO)N[N+](=O)[O-]. The third-order valence-electron chi connectivity index (χ3n) is 0.804. The van der Waals surface area contributed by atoms with Crippen molar-refractivity contribution in [3.8, 4) is 0 Å². The molecular formula is C4H10N4O3. The largest absolute Gasteiger partial charge is 0.396 e. The average molecular weight is 162 g/mol. The number of hydrogen-bond acceptors (Lipinski definition) is 4. The molecule has 0 unspecified atom stereocenters. The maximum absolute atomic E-state index is 9.73. The van der Waals surface area contributed by atoms with E-state index in [1.165, 1.54) is 0 Å². The van der Waals surface area contributed by atoms with Gasteiger partial charge in [-0.3, -0.25) is 0 Å². The third kappa shape index (κ3) is 6.52. The molecule has 0 rings (SSSR count). The minimum atomic E-state index is -0.794. The summed E-state index contributed by atoms with van der Waals surface area (Å²) in [6.45, 7) is 0.276. The summed E-state index contributed by atoms with van der Waals surface area (Å²) in [5.41, 5.74) is 6.70. The summed E-state index contributed by atoms with van der Waals surface area (Å²) in [5, 5.41) is 17.2. The van der Waals surface area contributed by atoms with E-state index in [9.17, 15) is 10.1 Å². The van der Waals surface area contributed by atoms with Crippen LogP contribution in [0.1, 0.15) is 6.42 Å². The van der Waals surface area contributed by atoms with Crippen molar-refractivity contribution in [1.29, 1.82) is 0 Å². The first-order chi connectivity index (χ1) is 5.16. The van der Waals surface area contributed by atoms with Crippen molar-refractivity contribution in [2.24, 2.45) is 10.7 Å². The van der Waals surface area contributed by atoms with E-state index in [2.05, 4.69) is 4.99 Å². The second kappa shape index (κ2) is 5.42. The van der Waals surface area contributed by atoms with Crippen LogP contribution in [0.4, 0.5) is 0 Å². The van der Waals surface area contributed by atoms with Gasteiger partial charge in [-0.1, -0.05) is 5.43 Å². The number of nitrogens with two attached hydrogens (primary N) is 1. The van der Waals surface area contributed by atoms with Gasteiger partial charge in [-0.25, -0.2) is 15.1 Å². The van der Waals surface area contributed by atoms with E-state index in [-0.39, 0.29) is 19.1 Å². The number of nitrogens with one attached hydrogen (secondary N) is 1. The Balaban J connectivity index is 3.54. The lowest BCUT2D eigenvalue weighted by Gasteiger charge is -1.94. The molecular weight excluding hydrogens is 152 g/mol. The Bertz CT molecular complexity index is 157. The monoisotopic (exact) mass is 162 g/mol. The zero-order valence-electron chi connectivity index (χ0n) is 5.86. The van der Waals surface area contributed by atoms with Crippen LogP contribution in [0.25, 0.3) is 0 Å². The molecule has 0 saturated heterocycles. The minimum absolute atomic E-state index is 0.00472. The Kier molecular flexibility index (Phi) is 4.74. The Hall–Kier alpha value is -1.37. The lowest BCUT2D eigenvalue weighted by Crippen LogP contribution is -2.36. The van der Waals surface area contributed by atoms with Crippen LogP contribution in [0.5, 0.6) is 0 Å². The van der Waals surface area contributed by atoms with E-state index in [1.807, 2.05) is 0 Å². The van der Waals surface area contributed by atoms with Gasteiger partial charge < -0.3 is 10.8 Å². The van der Waals surface area contributed by atoms with Crippen LogP contribution >= 0.6 is 0 Å². The summed E-state index contributed by atoms with van der Waals surface area (Å²) in [6, 6.07) is 0. The van der Waals surface area contributed by atoms with E-state index >= 15 is 0 Å². The third-order valence-corrected chi connectivity index (χ3v) is 0.804. The Morgan fingerprint density at radius 3 is 2.91 bits per heavy atom. The number of nitrogens with zero attached hydrogens (tertiary/aromatic N) is 2. The Morgan fingerprint density at radius 2 is 2.45 bits per heavy atom. The molecule has 0 amide bonds. The molecule has 4 N–H and O–H groups in total. The fourth-order valence-electron chi connectivity index (χ4n) is 0.399. The molecule has 7 nitrogen and oxygen atoms in total. The minimum Gasteiger partial charge on any atom is -0.396 e. The van der Waals surface area contributed by atoms with Crippen molar-refractivity contribution in [3.05, 3.63) is 10.1 Å². The number of aliphatic imine (C=N–C) groups is 1. The summed E-state index contributed by atoms with van der Waals surface area (Å²) < 4.78 is 0. The topological polar surface area (TPSA) is 114 Å². The van der Waals surface area contributed by atoms with Gasteiger partial charge in [-0.05, 0) is 6.42 Å². The molecule has 0 aromatic carbocycles. The van der Waals surface area contributed by atoms with Crippen LogP contribution in [0.15, 0.2) is 4.99 Å². The van der Waals surface area contributed by atoms with Crippen LogP contribution in [-0.4, -0.2) is 29.3 Å². The molecule has 0 aliphatic rings. The second-order valence-corrected chi connectivity index (χ2v) is 1.71. The maximum atomic E-state index is 9.73. The zero-order valence-corrected chi connectivity index (χ0v) is 5.86. The quantitative estimate of drug-likeness (QED) is 0.152. The van der Waals surface area contributed by atoms with E-state index in [0.717, 1.165) is 0 Å². The molecule has 0 aromatic rings. The van der Waals surface area contributed by atoms with Gasteiger partial charge in [-0.2, -0.15) is 0 Å². The van der Waals surface area contributed by atoms with Crippen LogP contribution in [-0.2, 0) is 0 Å². The Labute approximate surface area is 63.0 Å². The molecule has 0 saturated carbocycles. The van der Waals surface area contributed by atoms with Crippen LogP contribution in [0.2, 0.25) is 0 Å². The molecule has 0 aliphatic heterocycles. The predicted molar refractivity (Wildman–Crippen MR) is 38.3 cm³/mol. The predicted octanol–water partition coefficient (Wildman–Crippen LogP) is -1.54. The highest BCUT2D eigenvalue weighted by Gasteiger charge is 1.96. The highest BCUT2D eigenvalue weighted by molar-refractivity contribution is 5.76. The van der Waals surface area contributed by atoms with E-state index < -0.39 is 5.03 Å². The first-order valence-corrected chi connectivity index (χ1v) is 2.98. The van der Waals surface area contributed by atoms with Crippen molar-refractivity contribution >= 4 is 5.96 Å². The number of rotatable bonds is 4. The Morgan fingerprint density at radius 1 is 1.82 bits per heavy atom. The van der Waals surface area contributed by atoms with Crippen molar-refractivity contribution < 1.29 is 10.1 Å². The van der Waals surface area contributed by atoms with Gasteiger partial charge in [0, 0.05) is 13.2 Å². The molecule has 0 aliphatic carbocycles. The van der Waals surface area contributed by atoms with Crippen molar-refractivity contribution in [1.82, 2.24) is 5.43 Å². The lowest BCUT2D eigenvalue weighted by molar-refractivity contribution is -0.525. The summed E-state index contributed by atoms with van der Waals surface area (Å²) in [7, 11) is 0. The van der Waals surface area contributed by atoms with Crippen molar-refractivity contribution in [2.75, 3.05) is 13.2 Å². The molecule has 0 radical (unpaired) electrons. The molecule has 0 bridgehead atoms. The second-order valence-electron chi connectivity index (χ2n) is 1.71. The number of hydrazine groups is 1. The normalized spacial score (nSPS) is 11.2. The van der Waals surface area contributed by atoms with Crippen molar-refractivity contribution in [3.63, 3.8) is 0 Å². The van der Waals surface area contributed by atoms with E-state index in [4.69, 9.17) is 10.8 Å². The fraction of sp³-hybridized carbons (Fsp3) is 0.750. The van der Waals surface area contributed by atoms with Crippen molar-refractivity contribution in [2.45, 2.75) is 6.42 Å². The fourth-order valence-corrected chi connectivity index (χ4v) is 0.399. The number of guanidine groups is 1. The average Bonchev–Trinajstić information content (AvgIpc) is 1.86. The molecule has 0 heterocycles. The standard InChI is InChI=1S/C4H10N4O3/c5-4(7-8(10)11)6-2-1-3-9/h9H,1-3H2,(H3,5,6,7). The van der Waals surface area contributed by atoms with Crippen LogP contribution in [0.3, 0.4) is 0 Å². The molecule has 0 spiro atoms. The van der Waals surface area contributed by atoms with E-state index in [0.29, 0.717) is 6.42 Å². The van der Waals surface area contributed by atoms with Gasteiger partial charge in [0.25, 0.3) is 5.96 Å². The maximum Gasteiger partial charge on any atom is 0.251 e. The summed E-state index contributed by atoms with van der Waals surface area (Å²) in [4.78, 5) is 13.3. The number of aliphatic hydroxyl groups is 1. The van der Waals surface area contributed by atoms with Gasteiger partial charge in [0.1, 0.15) is 0 Å². The molecule has 7 heteroatoms. The summed E-state index contributed by atoms with van der Waals surface area (Å²) in [5.74, 6) is -0.247. The highest BCUT2D eigenvalue weighted by atomic mass is 16.7. The summed E-state index contributed by atoms with van der Waals surface area (Å²) >= 11 is 0. The number of nitro groups is 1. The molecule has 0 aromatic heterocycles. The summed E-state index contributed by atoms with van der Waals surface area (Å²) in [6.07, 6.45) is 0.445. The van der Waals surface area contributed by atoms with Gasteiger partial charge in [0.05, 0.1) is 0 Å². The number of aliphatic hydroxyl groups excluding tert-OH is 1. The van der Waals surface area contributed by atoms with E-state index in [1.54, 1.807) is 5.43 Å². The van der Waals surface area contributed by atoms with Crippen LogP contribution in [0, 0.1) is 10.1 Å². The molecule has 0 fully saturated rings. The van der Waals surface area contributed by atoms with Crippen LogP contribution < -0.4 is 11.2 Å². The number of hydrogen-bond donors (Lipinski definition) is 3. The van der Waals surface area contributed by atoms with Gasteiger partial charge in [-0.15, -0.1) is 0 Å². The first-order valence-electron chi connectivity index (χ1n) is 2.98. The van der Waals surface area contributed by atoms with Gasteiger partial charge in [0.15, 0.2) is 5.03 Å². The zero-order chi connectivity index (χ0) is 8.69. The molecule has 0 atom stereocenters. The lowest BCUT2D eigenvalue weighted by atomic mass is 10.5. The van der Waals surface area contributed by atoms with Gasteiger partial charge >= 0.3 is 0 Å². The smallest absolute Gasteiger partial charge is 0.251 e. The highest BCUT2D eigenvalue weighted by Crippen LogP contribution is 1.77. The first kappa shape index (κ1) is 9.63. The molecule has 11 heavy (non-hydrogen) atoms. The molecule has 64 valence electrons.